The maximum Gasteiger partial charge on any atom is 0.257 e. The number of aromatic nitrogens is 1. The number of fused-ring (bicyclic) bond motifs is 2. The number of amides is 1. The molecule has 3 heterocycles. The lowest BCUT2D eigenvalue weighted by Crippen LogP contribution is -2.37. The molecule has 0 atom stereocenters. The fourth-order valence-corrected chi connectivity index (χ4v) is 4.16. The monoisotopic (exact) mass is 432 g/mol. The van der Waals surface area contributed by atoms with Crippen LogP contribution >= 0.6 is 11.6 Å². The van der Waals surface area contributed by atoms with E-state index in [0.717, 1.165) is 41.6 Å². The Bertz CT molecular complexity index is 1160. The van der Waals surface area contributed by atoms with Gasteiger partial charge in [0.25, 0.3) is 5.91 Å². The summed E-state index contributed by atoms with van der Waals surface area (Å²) in [6, 6.07) is 19.2. The molecular formula is C24H21ClN4O2. The van der Waals surface area contributed by atoms with E-state index in [4.69, 9.17) is 21.3 Å². The number of hydrogen-bond donors (Lipinski definition) is 0. The fourth-order valence-electron chi connectivity index (χ4n) is 3.96. The molecule has 0 unspecified atom stereocenters. The number of rotatable bonds is 1. The van der Waals surface area contributed by atoms with Crippen molar-refractivity contribution in [1.29, 1.82) is 0 Å². The Morgan fingerprint density at radius 2 is 1.71 bits per heavy atom. The maximum atomic E-state index is 13.0. The predicted octanol–water partition coefficient (Wildman–Crippen LogP) is 4.77. The van der Waals surface area contributed by atoms with Crippen LogP contribution in [0.5, 0.6) is 11.5 Å². The Morgan fingerprint density at radius 3 is 2.58 bits per heavy atom. The van der Waals surface area contributed by atoms with Crippen molar-refractivity contribution in [3.05, 3.63) is 83.1 Å². The average molecular weight is 433 g/mol. The summed E-state index contributed by atoms with van der Waals surface area (Å²) in [7, 11) is 0. The molecule has 0 aliphatic carbocycles. The van der Waals surface area contributed by atoms with Gasteiger partial charge in [-0.3, -0.25) is 4.79 Å². The van der Waals surface area contributed by atoms with E-state index in [-0.39, 0.29) is 11.1 Å². The summed E-state index contributed by atoms with van der Waals surface area (Å²) < 4.78 is 6.16. The lowest BCUT2D eigenvalue weighted by Gasteiger charge is -2.25. The highest BCUT2D eigenvalue weighted by Gasteiger charge is 2.27. The quantitative estimate of drug-likeness (QED) is 0.520. The number of halogens is 1. The minimum Gasteiger partial charge on any atom is -0.454 e. The third kappa shape index (κ3) is 3.86. The highest BCUT2D eigenvalue weighted by Crippen LogP contribution is 2.37. The lowest BCUT2D eigenvalue weighted by atomic mass is 10.1. The van der Waals surface area contributed by atoms with Gasteiger partial charge in [-0.25, -0.2) is 9.98 Å². The SMILES string of the molecule is O=C(c1cccnc1Cl)N1CCCN(C2=Nc3ccccc3Oc3ccccc32)CC1. The van der Waals surface area contributed by atoms with Gasteiger partial charge in [0.05, 0.1) is 11.1 Å². The highest BCUT2D eigenvalue weighted by molar-refractivity contribution is 6.32. The summed E-state index contributed by atoms with van der Waals surface area (Å²) in [5.74, 6) is 2.31. The molecule has 0 spiro atoms. The van der Waals surface area contributed by atoms with E-state index in [9.17, 15) is 4.79 Å². The molecule has 156 valence electrons. The molecule has 2 aliphatic heterocycles. The molecule has 31 heavy (non-hydrogen) atoms. The van der Waals surface area contributed by atoms with E-state index in [0.29, 0.717) is 25.2 Å². The minimum absolute atomic E-state index is 0.0863. The van der Waals surface area contributed by atoms with E-state index in [1.807, 2.05) is 53.4 Å². The first-order valence-electron chi connectivity index (χ1n) is 10.3. The first-order valence-corrected chi connectivity index (χ1v) is 10.7. The second-order valence-electron chi connectivity index (χ2n) is 7.48. The molecule has 1 aromatic heterocycles. The molecule has 1 amide bonds. The Morgan fingerprint density at radius 1 is 0.903 bits per heavy atom. The highest BCUT2D eigenvalue weighted by atomic mass is 35.5. The number of benzene rings is 2. The van der Waals surface area contributed by atoms with E-state index in [1.165, 1.54) is 0 Å². The molecule has 0 saturated carbocycles. The number of para-hydroxylation sites is 3. The molecule has 3 aromatic rings. The second-order valence-corrected chi connectivity index (χ2v) is 7.83. The van der Waals surface area contributed by atoms with Crippen LogP contribution in [0.15, 0.2) is 71.9 Å². The maximum absolute atomic E-state index is 13.0. The minimum atomic E-state index is -0.0863. The summed E-state index contributed by atoms with van der Waals surface area (Å²) in [6.45, 7) is 2.69. The van der Waals surface area contributed by atoms with Crippen molar-refractivity contribution in [3.8, 4) is 11.5 Å². The van der Waals surface area contributed by atoms with Gasteiger partial charge in [-0.05, 0) is 42.8 Å². The van der Waals surface area contributed by atoms with E-state index in [1.54, 1.807) is 18.3 Å². The Labute approximate surface area is 185 Å². The van der Waals surface area contributed by atoms with Gasteiger partial charge < -0.3 is 14.5 Å². The fraction of sp³-hybridized carbons (Fsp3) is 0.208. The largest absolute Gasteiger partial charge is 0.454 e. The zero-order valence-corrected chi connectivity index (χ0v) is 17.6. The van der Waals surface area contributed by atoms with Gasteiger partial charge in [-0.15, -0.1) is 0 Å². The summed E-state index contributed by atoms with van der Waals surface area (Å²) >= 11 is 6.15. The summed E-state index contributed by atoms with van der Waals surface area (Å²) in [5, 5.41) is 0.240. The van der Waals surface area contributed by atoms with Crippen molar-refractivity contribution in [1.82, 2.24) is 14.8 Å². The van der Waals surface area contributed by atoms with E-state index < -0.39 is 0 Å². The molecule has 1 fully saturated rings. The van der Waals surface area contributed by atoms with Crippen molar-refractivity contribution in [2.45, 2.75) is 6.42 Å². The third-order valence-electron chi connectivity index (χ3n) is 5.51. The first kappa shape index (κ1) is 19.6. The summed E-state index contributed by atoms with van der Waals surface area (Å²) in [4.78, 5) is 26.1. The molecule has 0 bridgehead atoms. The molecule has 7 heteroatoms. The number of pyridine rings is 1. The van der Waals surface area contributed by atoms with Crippen LogP contribution < -0.4 is 4.74 Å². The van der Waals surface area contributed by atoms with Crippen LogP contribution in [-0.2, 0) is 0 Å². The van der Waals surface area contributed by atoms with E-state index >= 15 is 0 Å². The number of aliphatic imine (C=N–C) groups is 1. The Balaban J connectivity index is 1.44. The van der Waals surface area contributed by atoms with Crippen LogP contribution in [0.3, 0.4) is 0 Å². The predicted molar refractivity (Wildman–Crippen MR) is 120 cm³/mol. The first-order chi connectivity index (χ1) is 15.2. The van der Waals surface area contributed by atoms with Gasteiger partial charge in [-0.2, -0.15) is 0 Å². The molecule has 2 aliphatic rings. The molecule has 1 saturated heterocycles. The number of amidine groups is 1. The van der Waals surface area contributed by atoms with Crippen molar-refractivity contribution in [2.24, 2.45) is 4.99 Å². The van der Waals surface area contributed by atoms with Gasteiger partial charge in [0.1, 0.15) is 22.4 Å². The van der Waals surface area contributed by atoms with Crippen LogP contribution in [0, 0.1) is 0 Å². The van der Waals surface area contributed by atoms with Gasteiger partial charge in [0, 0.05) is 32.4 Å². The van der Waals surface area contributed by atoms with E-state index in [2.05, 4.69) is 9.88 Å². The lowest BCUT2D eigenvalue weighted by molar-refractivity contribution is 0.0764. The van der Waals surface area contributed by atoms with Crippen LogP contribution in [0.1, 0.15) is 22.3 Å². The van der Waals surface area contributed by atoms with Crippen molar-refractivity contribution < 1.29 is 9.53 Å². The van der Waals surface area contributed by atoms with Gasteiger partial charge >= 0.3 is 0 Å². The molecule has 0 radical (unpaired) electrons. The summed E-state index contributed by atoms with van der Waals surface area (Å²) in [6.07, 6.45) is 2.41. The number of nitrogens with zero attached hydrogens (tertiary/aromatic N) is 4. The van der Waals surface area contributed by atoms with Gasteiger partial charge in [0.2, 0.25) is 0 Å². The standard InChI is InChI=1S/C24H21ClN4O2/c25-22-18(8-5-12-26-22)24(30)29-14-6-13-28(15-16-29)23-17-7-1-3-10-20(17)31-21-11-4-2-9-19(21)27-23/h1-5,7-12H,6,13-16H2. The Hall–Kier alpha value is -3.38. The smallest absolute Gasteiger partial charge is 0.257 e. The number of hydrogen-bond acceptors (Lipinski definition) is 5. The molecule has 6 nitrogen and oxygen atoms in total. The Kier molecular flexibility index (Phi) is 5.30. The number of carbonyl (C=O) groups excluding carboxylic acids is 1. The third-order valence-corrected chi connectivity index (χ3v) is 5.81. The van der Waals surface area contributed by atoms with Crippen LogP contribution in [-0.4, -0.2) is 52.7 Å². The zero-order chi connectivity index (χ0) is 21.2. The van der Waals surface area contributed by atoms with Crippen LogP contribution in [0.25, 0.3) is 0 Å². The topological polar surface area (TPSA) is 58.0 Å². The molecule has 0 N–H and O–H groups in total. The normalized spacial score (nSPS) is 15.7. The molecule has 5 rings (SSSR count). The van der Waals surface area contributed by atoms with Crippen molar-refractivity contribution in [2.75, 3.05) is 26.2 Å². The zero-order valence-electron chi connectivity index (χ0n) is 16.9. The molecular weight excluding hydrogens is 412 g/mol. The average Bonchev–Trinajstić information content (AvgIpc) is 3.14. The van der Waals surface area contributed by atoms with Gasteiger partial charge in [0.15, 0.2) is 5.75 Å². The van der Waals surface area contributed by atoms with Crippen LogP contribution in [0.4, 0.5) is 5.69 Å². The van der Waals surface area contributed by atoms with Crippen LogP contribution in [0.2, 0.25) is 5.15 Å². The van der Waals surface area contributed by atoms with Gasteiger partial charge in [-0.1, -0.05) is 35.9 Å². The number of carbonyl (C=O) groups is 1. The second kappa shape index (κ2) is 8.40. The van der Waals surface area contributed by atoms with Crippen molar-refractivity contribution in [3.63, 3.8) is 0 Å². The van der Waals surface area contributed by atoms with Crippen molar-refractivity contribution >= 4 is 29.0 Å². The summed E-state index contributed by atoms with van der Waals surface area (Å²) in [5.41, 5.74) is 2.19. The number of ether oxygens (including phenoxy) is 1. The molecule has 2 aromatic carbocycles.